The number of benzene rings is 2. The van der Waals surface area contributed by atoms with Crippen LogP contribution < -0.4 is 5.73 Å². The molecule has 0 saturated carbocycles. The molecule has 0 aromatic heterocycles. The normalized spacial score (nSPS) is 10.3. The van der Waals surface area contributed by atoms with Crippen LogP contribution in [0, 0.1) is 18.2 Å². The van der Waals surface area contributed by atoms with Crippen molar-refractivity contribution in [2.75, 3.05) is 0 Å². The molecule has 2 rings (SSSR count). The number of hydrogen-bond donors (Lipinski definition) is 2. The number of nitrogens with two attached hydrogens (primary N) is 1. The minimum atomic E-state index is -0.342. The van der Waals surface area contributed by atoms with Gasteiger partial charge in [0.2, 0.25) is 0 Å². The summed E-state index contributed by atoms with van der Waals surface area (Å²) in [5, 5.41) is 7.26. The van der Waals surface area contributed by atoms with Crippen molar-refractivity contribution in [3.8, 4) is 0 Å². The summed E-state index contributed by atoms with van der Waals surface area (Å²) in [5.41, 5.74) is 8.19. The highest BCUT2D eigenvalue weighted by atomic mass is 19.1. The van der Waals surface area contributed by atoms with Gasteiger partial charge in [0, 0.05) is 12.0 Å². The van der Waals surface area contributed by atoms with Crippen LogP contribution >= 0.6 is 0 Å². The largest absolute Gasteiger partial charge is 0.384 e. The van der Waals surface area contributed by atoms with Gasteiger partial charge < -0.3 is 5.73 Å². The Morgan fingerprint density at radius 2 is 1.89 bits per heavy atom. The molecule has 0 heterocycles. The second-order valence-corrected chi connectivity index (χ2v) is 4.17. The molecule has 0 unspecified atom stereocenters. The highest BCUT2D eigenvalue weighted by molar-refractivity contribution is 5.94. The van der Waals surface area contributed by atoms with E-state index in [2.05, 4.69) is 6.92 Å². The molecule has 3 N–H and O–H groups in total. The molecule has 0 aliphatic carbocycles. The molecule has 3 heteroatoms. The molecule has 0 amide bonds. The Bertz CT molecular complexity index is 591. The van der Waals surface area contributed by atoms with Gasteiger partial charge >= 0.3 is 0 Å². The quantitative estimate of drug-likeness (QED) is 0.630. The van der Waals surface area contributed by atoms with Crippen LogP contribution in [-0.4, -0.2) is 5.84 Å². The minimum Gasteiger partial charge on any atom is -0.384 e. The smallest absolute Gasteiger partial charge is 0.127 e. The fraction of sp³-hybridized carbons (Fsp3) is 0.0667. The van der Waals surface area contributed by atoms with E-state index in [9.17, 15) is 4.39 Å². The molecule has 0 fully saturated rings. The van der Waals surface area contributed by atoms with Crippen LogP contribution in [0.1, 0.15) is 22.3 Å². The minimum absolute atomic E-state index is 0.127. The van der Waals surface area contributed by atoms with E-state index >= 15 is 0 Å². The molecular weight excluding hydrogens is 227 g/mol. The van der Waals surface area contributed by atoms with Gasteiger partial charge in [-0.15, -0.1) is 0 Å². The first kappa shape index (κ1) is 12.3. The van der Waals surface area contributed by atoms with Crippen molar-refractivity contribution in [3.05, 3.63) is 77.5 Å². The molecule has 2 aromatic carbocycles. The van der Waals surface area contributed by atoms with E-state index in [4.69, 9.17) is 11.1 Å². The first-order valence-electron chi connectivity index (χ1n) is 5.60. The lowest BCUT2D eigenvalue weighted by Crippen LogP contribution is -2.11. The summed E-state index contributed by atoms with van der Waals surface area (Å²) in [5.74, 6) is -0.469. The van der Waals surface area contributed by atoms with Gasteiger partial charge in [-0.05, 0) is 29.7 Å². The van der Waals surface area contributed by atoms with Gasteiger partial charge in [0.05, 0.1) is 0 Å². The molecule has 0 atom stereocenters. The van der Waals surface area contributed by atoms with Crippen molar-refractivity contribution < 1.29 is 4.39 Å². The van der Waals surface area contributed by atoms with Crippen molar-refractivity contribution in [3.63, 3.8) is 0 Å². The van der Waals surface area contributed by atoms with Crippen LogP contribution in [0.3, 0.4) is 0 Å². The monoisotopic (exact) mass is 241 g/mol. The van der Waals surface area contributed by atoms with Crippen LogP contribution in [-0.2, 0) is 6.42 Å². The summed E-state index contributed by atoms with van der Waals surface area (Å²) in [6, 6.07) is 12.3. The predicted molar refractivity (Wildman–Crippen MR) is 71.1 cm³/mol. The van der Waals surface area contributed by atoms with Gasteiger partial charge in [0.1, 0.15) is 11.7 Å². The van der Waals surface area contributed by atoms with Gasteiger partial charge in [-0.2, -0.15) is 0 Å². The Kier molecular flexibility index (Phi) is 3.42. The average molecular weight is 241 g/mol. The van der Waals surface area contributed by atoms with Crippen LogP contribution in [0.4, 0.5) is 4.39 Å². The molecule has 0 saturated heterocycles. The van der Waals surface area contributed by atoms with E-state index in [1.54, 1.807) is 12.1 Å². The van der Waals surface area contributed by atoms with E-state index in [-0.39, 0.29) is 11.7 Å². The summed E-state index contributed by atoms with van der Waals surface area (Å²) < 4.78 is 13.9. The number of amidine groups is 1. The number of rotatable bonds is 3. The Morgan fingerprint density at radius 3 is 2.50 bits per heavy atom. The summed E-state index contributed by atoms with van der Waals surface area (Å²) in [6.45, 7) is 3.92. The van der Waals surface area contributed by atoms with Crippen molar-refractivity contribution in [2.24, 2.45) is 5.73 Å². The third-order valence-electron chi connectivity index (χ3n) is 2.86. The topological polar surface area (TPSA) is 49.9 Å². The number of hydrogen-bond acceptors (Lipinski definition) is 1. The molecule has 1 radical (unpaired) electrons. The van der Waals surface area contributed by atoms with Crippen molar-refractivity contribution in [1.82, 2.24) is 0 Å². The summed E-state index contributed by atoms with van der Waals surface area (Å²) in [4.78, 5) is 0. The SMILES string of the molecule is [CH2]c1ccccc1Cc1ccc(C(=N)N)cc1F. The first-order valence-corrected chi connectivity index (χ1v) is 5.60. The fourth-order valence-electron chi connectivity index (χ4n) is 1.79. The van der Waals surface area contributed by atoms with Gasteiger partial charge in [-0.25, -0.2) is 4.39 Å². The van der Waals surface area contributed by atoms with Gasteiger partial charge in [-0.3, -0.25) is 5.41 Å². The molecule has 18 heavy (non-hydrogen) atoms. The maximum atomic E-state index is 13.9. The molecule has 0 aliphatic heterocycles. The average Bonchev–Trinajstić information content (AvgIpc) is 2.34. The number of nitrogen functional groups attached to an aromatic ring is 1. The first-order chi connectivity index (χ1) is 8.58. The van der Waals surface area contributed by atoms with Gasteiger partial charge in [-0.1, -0.05) is 36.4 Å². The lowest BCUT2D eigenvalue weighted by atomic mass is 9.99. The maximum absolute atomic E-state index is 13.9. The highest BCUT2D eigenvalue weighted by Crippen LogP contribution is 2.17. The molecule has 2 nitrogen and oxygen atoms in total. The Labute approximate surface area is 106 Å². The fourth-order valence-corrected chi connectivity index (χ4v) is 1.79. The number of nitrogens with one attached hydrogen (secondary N) is 1. The van der Waals surface area contributed by atoms with Crippen molar-refractivity contribution in [1.29, 1.82) is 5.41 Å². The lowest BCUT2D eigenvalue weighted by molar-refractivity contribution is 0.613. The Balaban J connectivity index is 2.30. The zero-order valence-corrected chi connectivity index (χ0v) is 9.91. The van der Waals surface area contributed by atoms with E-state index in [1.807, 2.05) is 24.3 Å². The molecule has 91 valence electrons. The molecule has 0 aliphatic rings. The Morgan fingerprint density at radius 1 is 1.17 bits per heavy atom. The summed E-state index contributed by atoms with van der Waals surface area (Å²) >= 11 is 0. The predicted octanol–water partition coefficient (Wildman–Crippen LogP) is 2.88. The maximum Gasteiger partial charge on any atom is 0.127 e. The second kappa shape index (κ2) is 5.00. The Hall–Kier alpha value is -2.16. The van der Waals surface area contributed by atoms with Gasteiger partial charge in [0.15, 0.2) is 0 Å². The third kappa shape index (κ3) is 2.56. The second-order valence-electron chi connectivity index (χ2n) is 4.17. The lowest BCUT2D eigenvalue weighted by Gasteiger charge is -2.08. The van der Waals surface area contributed by atoms with E-state index < -0.39 is 0 Å². The number of halogens is 1. The van der Waals surface area contributed by atoms with E-state index in [0.717, 1.165) is 11.1 Å². The zero-order chi connectivity index (χ0) is 13.1. The van der Waals surface area contributed by atoms with Crippen LogP contribution in [0.15, 0.2) is 42.5 Å². The standard InChI is InChI=1S/C15H14FN2/c1-10-4-2-3-5-11(10)8-12-6-7-13(15(17)18)9-14(12)16/h2-7,9H,1,8H2,(H3,17,18). The summed E-state index contributed by atoms with van der Waals surface area (Å²) in [6.07, 6.45) is 0.490. The van der Waals surface area contributed by atoms with Crippen LogP contribution in [0.5, 0.6) is 0 Å². The van der Waals surface area contributed by atoms with Crippen LogP contribution in [0.25, 0.3) is 0 Å². The van der Waals surface area contributed by atoms with E-state index in [1.165, 1.54) is 6.07 Å². The van der Waals surface area contributed by atoms with Gasteiger partial charge in [0.25, 0.3) is 0 Å². The molecule has 0 spiro atoms. The van der Waals surface area contributed by atoms with Crippen molar-refractivity contribution in [2.45, 2.75) is 6.42 Å². The molecular formula is C15H14FN2. The highest BCUT2D eigenvalue weighted by Gasteiger charge is 2.07. The summed E-state index contributed by atoms with van der Waals surface area (Å²) in [7, 11) is 0. The third-order valence-corrected chi connectivity index (χ3v) is 2.86. The molecule has 2 aromatic rings. The van der Waals surface area contributed by atoms with Crippen molar-refractivity contribution >= 4 is 5.84 Å². The van der Waals surface area contributed by atoms with E-state index in [0.29, 0.717) is 17.5 Å². The zero-order valence-electron chi connectivity index (χ0n) is 9.91. The molecule has 0 bridgehead atoms. The van der Waals surface area contributed by atoms with Crippen LogP contribution in [0.2, 0.25) is 0 Å².